The third kappa shape index (κ3) is 5.59. The van der Waals surface area contributed by atoms with Gasteiger partial charge < -0.3 is 10.2 Å². The van der Waals surface area contributed by atoms with E-state index < -0.39 is 10.0 Å². The molecule has 1 fully saturated rings. The lowest BCUT2D eigenvalue weighted by Gasteiger charge is -2.33. The lowest BCUT2D eigenvalue weighted by molar-refractivity contribution is 0.102. The molecule has 1 amide bonds. The number of sulfonamides is 1. The molecule has 2 aromatic rings. The Kier molecular flexibility index (Phi) is 7.65. The van der Waals surface area contributed by atoms with Crippen LogP contribution in [-0.2, 0) is 10.0 Å². The van der Waals surface area contributed by atoms with Gasteiger partial charge in [0.25, 0.3) is 5.91 Å². The summed E-state index contributed by atoms with van der Waals surface area (Å²) in [6.45, 7) is 5.59. The molecule has 0 aromatic heterocycles. The summed E-state index contributed by atoms with van der Waals surface area (Å²) in [4.78, 5) is 14.7. The van der Waals surface area contributed by atoms with Crippen LogP contribution in [0.25, 0.3) is 0 Å². The van der Waals surface area contributed by atoms with Crippen LogP contribution in [0.1, 0.15) is 35.7 Å². The van der Waals surface area contributed by atoms with Gasteiger partial charge in [-0.15, -0.1) is 0 Å². The van der Waals surface area contributed by atoms with Crippen LogP contribution in [0.15, 0.2) is 41.3 Å². The van der Waals surface area contributed by atoms with Crippen molar-refractivity contribution in [1.82, 2.24) is 9.62 Å². The van der Waals surface area contributed by atoms with Crippen LogP contribution in [0.3, 0.4) is 0 Å². The van der Waals surface area contributed by atoms with Crippen molar-refractivity contribution in [3.05, 3.63) is 57.6 Å². The minimum atomic E-state index is -3.87. The molecule has 2 aromatic carbocycles. The fourth-order valence-corrected chi connectivity index (χ4v) is 5.92. The molecule has 0 bridgehead atoms. The third-order valence-electron chi connectivity index (χ3n) is 5.79. The Bertz CT molecular complexity index is 1070. The molecule has 1 atom stereocenters. The quantitative estimate of drug-likeness (QED) is 0.630. The number of aryl methyl sites for hydroxylation is 1. The Morgan fingerprint density at radius 2 is 1.74 bits per heavy atom. The van der Waals surface area contributed by atoms with Crippen LogP contribution in [0.5, 0.6) is 0 Å². The van der Waals surface area contributed by atoms with E-state index in [4.69, 9.17) is 23.2 Å². The van der Waals surface area contributed by atoms with Crippen LogP contribution >= 0.6 is 23.2 Å². The maximum Gasteiger partial charge on any atom is 0.255 e. The summed E-state index contributed by atoms with van der Waals surface area (Å²) in [5.41, 5.74) is 1.57. The number of nitrogens with zero attached hydrogens (tertiary/aromatic N) is 1. The Morgan fingerprint density at radius 3 is 2.39 bits per heavy atom. The molecule has 1 aliphatic rings. The van der Waals surface area contributed by atoms with Crippen LogP contribution in [0.2, 0.25) is 10.0 Å². The van der Waals surface area contributed by atoms with Crippen molar-refractivity contribution in [2.75, 3.05) is 25.5 Å². The second-order valence-corrected chi connectivity index (χ2v) is 10.5. The minimum Gasteiger partial charge on any atom is -0.321 e. The van der Waals surface area contributed by atoms with E-state index in [2.05, 4.69) is 22.0 Å². The Morgan fingerprint density at radius 1 is 1.10 bits per heavy atom. The summed E-state index contributed by atoms with van der Waals surface area (Å²) in [7, 11) is -1.81. The summed E-state index contributed by atoms with van der Waals surface area (Å²) in [5, 5.41) is 2.57. The van der Waals surface area contributed by atoms with Gasteiger partial charge in [0.15, 0.2) is 0 Å². The van der Waals surface area contributed by atoms with E-state index in [1.54, 1.807) is 12.1 Å². The molecular formula is C22H27Cl2N3O3S. The summed E-state index contributed by atoms with van der Waals surface area (Å²) in [6, 6.07) is 9.74. The average molecular weight is 484 g/mol. The highest BCUT2D eigenvalue weighted by Crippen LogP contribution is 2.36. The topological polar surface area (TPSA) is 78.5 Å². The number of likely N-dealkylation sites (tertiary alicyclic amines) is 1. The number of anilines is 1. The number of hydrogen-bond acceptors (Lipinski definition) is 4. The molecule has 168 valence electrons. The number of piperidine rings is 1. The van der Waals surface area contributed by atoms with Gasteiger partial charge in [0.05, 0.1) is 15.7 Å². The number of rotatable bonds is 6. The molecule has 0 saturated carbocycles. The molecule has 0 spiro atoms. The monoisotopic (exact) mass is 483 g/mol. The number of carbonyl (C=O) groups is 1. The molecule has 0 aliphatic carbocycles. The number of carbonyl (C=O) groups excluding carboxylic acids is 1. The number of nitrogens with one attached hydrogen (secondary N) is 2. The van der Waals surface area contributed by atoms with Crippen molar-refractivity contribution in [2.45, 2.75) is 37.6 Å². The second-order valence-electron chi connectivity index (χ2n) is 8.06. The Balaban J connectivity index is 1.77. The first kappa shape index (κ1) is 24.0. The van der Waals surface area contributed by atoms with Gasteiger partial charge in [-0.25, -0.2) is 13.1 Å². The molecule has 31 heavy (non-hydrogen) atoms. The number of benzene rings is 2. The smallest absolute Gasteiger partial charge is 0.255 e. The van der Waals surface area contributed by atoms with Gasteiger partial charge >= 0.3 is 0 Å². The average Bonchev–Trinajstić information content (AvgIpc) is 2.71. The summed E-state index contributed by atoms with van der Waals surface area (Å²) in [6.07, 6.45) is 1.86. The van der Waals surface area contributed by atoms with Crippen molar-refractivity contribution in [3.8, 4) is 0 Å². The predicted octanol–water partition coefficient (Wildman–Crippen LogP) is 4.56. The van der Waals surface area contributed by atoms with E-state index in [-0.39, 0.29) is 38.5 Å². The van der Waals surface area contributed by atoms with E-state index in [0.717, 1.165) is 31.5 Å². The zero-order chi connectivity index (χ0) is 22.8. The van der Waals surface area contributed by atoms with Crippen molar-refractivity contribution >= 4 is 44.8 Å². The lowest BCUT2D eigenvalue weighted by Crippen LogP contribution is -2.43. The van der Waals surface area contributed by atoms with Crippen LogP contribution in [-0.4, -0.2) is 45.4 Å². The molecule has 3 rings (SSSR count). The highest BCUT2D eigenvalue weighted by molar-refractivity contribution is 7.89. The lowest BCUT2D eigenvalue weighted by atomic mass is 9.91. The largest absolute Gasteiger partial charge is 0.321 e. The zero-order valence-corrected chi connectivity index (χ0v) is 20.1. The van der Waals surface area contributed by atoms with E-state index >= 15 is 0 Å². The maximum atomic E-state index is 13.0. The van der Waals surface area contributed by atoms with Gasteiger partial charge in [0, 0.05) is 11.6 Å². The predicted molar refractivity (Wildman–Crippen MR) is 126 cm³/mol. The van der Waals surface area contributed by atoms with Crippen molar-refractivity contribution < 1.29 is 13.2 Å². The summed E-state index contributed by atoms with van der Waals surface area (Å²) < 4.78 is 28.7. The zero-order valence-electron chi connectivity index (χ0n) is 17.8. The standard InChI is InChI=1S/C22H27Cl2N3O3S/c1-14-6-4-5-7-17(14)22(28)25-18-8-9-19(21(24)20(18)23)31(29,30)26-15(2)16-10-12-27(3)13-11-16/h4-9,15-16,26H,10-13H2,1-3H3,(H,25,28). The highest BCUT2D eigenvalue weighted by Gasteiger charge is 2.28. The molecular weight excluding hydrogens is 457 g/mol. The fourth-order valence-electron chi connectivity index (χ4n) is 3.79. The third-order valence-corrected chi connectivity index (χ3v) is 8.38. The molecule has 0 radical (unpaired) electrons. The first-order chi connectivity index (χ1) is 14.6. The van der Waals surface area contributed by atoms with Gasteiger partial charge in [0.2, 0.25) is 10.0 Å². The molecule has 1 heterocycles. The van der Waals surface area contributed by atoms with Gasteiger partial charge in [-0.3, -0.25) is 4.79 Å². The van der Waals surface area contributed by atoms with Gasteiger partial charge in [-0.05, 0) is 76.5 Å². The van der Waals surface area contributed by atoms with Crippen molar-refractivity contribution in [3.63, 3.8) is 0 Å². The first-order valence-corrected chi connectivity index (χ1v) is 12.4. The van der Waals surface area contributed by atoms with Gasteiger partial charge in [0.1, 0.15) is 4.90 Å². The molecule has 2 N–H and O–H groups in total. The van der Waals surface area contributed by atoms with E-state index in [0.29, 0.717) is 5.56 Å². The fraction of sp³-hybridized carbons (Fsp3) is 0.409. The second kappa shape index (κ2) is 9.88. The molecule has 1 saturated heterocycles. The number of halogens is 2. The van der Waals surface area contributed by atoms with Gasteiger partial charge in [-0.2, -0.15) is 0 Å². The Labute approximate surface area is 194 Å². The Hall–Kier alpha value is -1.64. The summed E-state index contributed by atoms with van der Waals surface area (Å²) >= 11 is 12.7. The van der Waals surface area contributed by atoms with Gasteiger partial charge in [-0.1, -0.05) is 41.4 Å². The minimum absolute atomic E-state index is 0.0154. The molecule has 1 aliphatic heterocycles. The van der Waals surface area contributed by atoms with Crippen LogP contribution in [0.4, 0.5) is 5.69 Å². The molecule has 6 nitrogen and oxygen atoms in total. The van der Waals surface area contributed by atoms with E-state index in [1.165, 1.54) is 12.1 Å². The number of hydrogen-bond donors (Lipinski definition) is 2. The van der Waals surface area contributed by atoms with E-state index in [1.807, 2.05) is 26.0 Å². The highest BCUT2D eigenvalue weighted by atomic mass is 35.5. The summed E-state index contributed by atoms with van der Waals surface area (Å²) in [5.74, 6) is -0.0893. The van der Waals surface area contributed by atoms with Crippen molar-refractivity contribution in [2.24, 2.45) is 5.92 Å². The van der Waals surface area contributed by atoms with E-state index in [9.17, 15) is 13.2 Å². The SMILES string of the molecule is Cc1ccccc1C(=O)Nc1ccc(S(=O)(=O)NC(C)C2CCN(C)CC2)c(Cl)c1Cl. The van der Waals surface area contributed by atoms with Crippen molar-refractivity contribution in [1.29, 1.82) is 0 Å². The van der Waals surface area contributed by atoms with Crippen LogP contribution in [0, 0.1) is 12.8 Å². The maximum absolute atomic E-state index is 13.0. The first-order valence-electron chi connectivity index (χ1n) is 10.2. The number of amides is 1. The van der Waals surface area contributed by atoms with Crippen LogP contribution < -0.4 is 10.0 Å². The molecule has 1 unspecified atom stereocenters. The molecule has 9 heteroatoms. The normalized spacial score (nSPS) is 16.8.